The summed E-state index contributed by atoms with van der Waals surface area (Å²) in [5, 5.41) is 19.1. The van der Waals surface area contributed by atoms with Crippen molar-refractivity contribution < 1.29 is 5.11 Å². The van der Waals surface area contributed by atoms with Crippen molar-refractivity contribution in [3.05, 3.63) is 29.3 Å². The molecule has 0 atom stereocenters. The second-order valence-corrected chi connectivity index (χ2v) is 2.09. The Bertz CT molecular complexity index is 286. The van der Waals surface area contributed by atoms with Crippen molar-refractivity contribution in [3.8, 4) is 11.8 Å². The number of nitriles is 1. The monoisotopic (exact) mass is 132 g/mol. The molecule has 1 aromatic carbocycles. The lowest BCUT2D eigenvalue weighted by Crippen LogP contribution is -1.78. The molecule has 1 radical (unpaired) electrons. The minimum Gasteiger partial charge on any atom is -0.290 e. The number of hydrogen-bond donors (Lipinski definition) is 0. The van der Waals surface area contributed by atoms with Crippen molar-refractivity contribution in [1.29, 1.82) is 5.26 Å². The van der Waals surface area contributed by atoms with Gasteiger partial charge in [0.25, 0.3) is 0 Å². The Kier molecular flexibility index (Phi) is 1.59. The predicted octanol–water partition coefficient (Wildman–Crippen LogP) is 2.01. The van der Waals surface area contributed by atoms with Crippen LogP contribution in [0.5, 0.6) is 5.75 Å². The third-order valence-corrected chi connectivity index (χ3v) is 1.32. The highest BCUT2D eigenvalue weighted by atomic mass is 16.3. The van der Waals surface area contributed by atoms with Crippen molar-refractivity contribution >= 4 is 0 Å². The smallest absolute Gasteiger partial charge is 0.178 e. The molecule has 0 amide bonds. The summed E-state index contributed by atoms with van der Waals surface area (Å²) in [5.41, 5.74) is 1.31. The number of nitrogens with zero attached hydrogens (tertiary/aromatic N) is 1. The van der Waals surface area contributed by atoms with Crippen LogP contribution in [0.3, 0.4) is 0 Å². The molecule has 1 rings (SSSR count). The van der Waals surface area contributed by atoms with E-state index in [9.17, 15) is 5.11 Å². The van der Waals surface area contributed by atoms with Crippen LogP contribution in [0.25, 0.3) is 0 Å². The molecule has 0 aliphatic carbocycles. The molecule has 0 saturated carbocycles. The van der Waals surface area contributed by atoms with E-state index >= 15 is 0 Å². The molecular formula is C8H6NO. The first-order chi connectivity index (χ1) is 4.74. The molecule has 49 valence electrons. The first-order valence-corrected chi connectivity index (χ1v) is 2.92. The number of hydrogen-bond acceptors (Lipinski definition) is 1. The molecule has 2 nitrogen and oxygen atoms in total. The maximum Gasteiger partial charge on any atom is 0.178 e. The van der Waals surface area contributed by atoms with Gasteiger partial charge in [0.15, 0.2) is 5.75 Å². The van der Waals surface area contributed by atoms with Gasteiger partial charge in [-0.15, -0.1) is 0 Å². The van der Waals surface area contributed by atoms with E-state index in [2.05, 4.69) is 0 Å². The highest BCUT2D eigenvalue weighted by molar-refractivity contribution is 5.40. The molecule has 1 aromatic rings. The molecular weight excluding hydrogens is 126 g/mol. The van der Waals surface area contributed by atoms with Gasteiger partial charge in [-0.1, -0.05) is 0 Å². The Balaban J connectivity index is 3.23. The van der Waals surface area contributed by atoms with Crippen LogP contribution >= 0.6 is 0 Å². The van der Waals surface area contributed by atoms with E-state index in [0.29, 0.717) is 5.56 Å². The van der Waals surface area contributed by atoms with E-state index in [-0.39, 0.29) is 5.75 Å². The molecule has 0 saturated heterocycles. The van der Waals surface area contributed by atoms with Gasteiger partial charge in [0, 0.05) is 0 Å². The normalized spacial score (nSPS) is 8.80. The highest BCUT2D eigenvalue weighted by Crippen LogP contribution is 2.14. The second kappa shape index (κ2) is 2.40. The zero-order valence-corrected chi connectivity index (χ0v) is 5.59. The summed E-state index contributed by atoms with van der Waals surface area (Å²) in [6.45, 7) is 1.75. The number of rotatable bonds is 0. The largest absolute Gasteiger partial charge is 0.290 e. The van der Waals surface area contributed by atoms with Crippen molar-refractivity contribution in [2.45, 2.75) is 6.92 Å². The SMILES string of the molecule is Cc1cc([O])ccc1C#N. The van der Waals surface area contributed by atoms with Gasteiger partial charge < -0.3 is 0 Å². The summed E-state index contributed by atoms with van der Waals surface area (Å²) < 4.78 is 0. The maximum atomic E-state index is 10.6. The summed E-state index contributed by atoms with van der Waals surface area (Å²) in [5.74, 6) is -0.0449. The van der Waals surface area contributed by atoms with E-state index in [1.54, 1.807) is 6.92 Å². The van der Waals surface area contributed by atoms with Crippen LogP contribution in [0.4, 0.5) is 0 Å². The van der Waals surface area contributed by atoms with Crippen LogP contribution in [-0.2, 0) is 5.11 Å². The average Bonchev–Trinajstić information content (AvgIpc) is 1.88. The maximum absolute atomic E-state index is 10.6. The predicted molar refractivity (Wildman–Crippen MR) is 36.0 cm³/mol. The first kappa shape index (κ1) is 6.63. The van der Waals surface area contributed by atoms with Gasteiger partial charge in [-0.3, -0.25) is 5.11 Å². The van der Waals surface area contributed by atoms with Crippen LogP contribution < -0.4 is 0 Å². The summed E-state index contributed by atoms with van der Waals surface area (Å²) in [6, 6.07) is 6.37. The van der Waals surface area contributed by atoms with E-state index in [1.807, 2.05) is 6.07 Å². The lowest BCUT2D eigenvalue weighted by Gasteiger charge is -1.93. The summed E-state index contributed by atoms with van der Waals surface area (Å²) in [7, 11) is 0. The quantitative estimate of drug-likeness (QED) is 0.532. The third kappa shape index (κ3) is 1.08. The topological polar surface area (TPSA) is 43.7 Å². The first-order valence-electron chi connectivity index (χ1n) is 2.92. The molecule has 0 fully saturated rings. The van der Waals surface area contributed by atoms with Gasteiger partial charge in [-0.05, 0) is 30.7 Å². The van der Waals surface area contributed by atoms with Crippen LogP contribution in [0.1, 0.15) is 11.1 Å². The molecule has 0 N–H and O–H groups in total. The standard InChI is InChI=1S/C8H6NO/c1-6-4-8(10)3-2-7(6)5-9/h2-4H,1H3. The second-order valence-electron chi connectivity index (χ2n) is 2.09. The Labute approximate surface area is 59.3 Å². The van der Waals surface area contributed by atoms with Gasteiger partial charge >= 0.3 is 0 Å². The Morgan fingerprint density at radius 3 is 2.70 bits per heavy atom. The molecule has 0 bridgehead atoms. The van der Waals surface area contributed by atoms with Crippen molar-refractivity contribution in [2.24, 2.45) is 0 Å². The van der Waals surface area contributed by atoms with E-state index in [0.717, 1.165) is 5.56 Å². The van der Waals surface area contributed by atoms with Crippen LogP contribution in [0, 0.1) is 18.3 Å². The number of benzene rings is 1. The number of aryl methyl sites for hydroxylation is 1. The van der Waals surface area contributed by atoms with Crippen molar-refractivity contribution in [2.75, 3.05) is 0 Å². The Morgan fingerprint density at radius 2 is 2.20 bits per heavy atom. The van der Waals surface area contributed by atoms with E-state index in [1.165, 1.54) is 18.2 Å². The van der Waals surface area contributed by atoms with Crippen LogP contribution in [0.15, 0.2) is 18.2 Å². The molecule has 0 aliphatic heterocycles. The van der Waals surface area contributed by atoms with Crippen molar-refractivity contribution in [3.63, 3.8) is 0 Å². The summed E-state index contributed by atoms with van der Waals surface area (Å²) in [6.07, 6.45) is 0. The highest BCUT2D eigenvalue weighted by Gasteiger charge is 1.96. The molecule has 10 heavy (non-hydrogen) atoms. The van der Waals surface area contributed by atoms with Crippen molar-refractivity contribution in [1.82, 2.24) is 0 Å². The molecule has 0 aliphatic rings. The van der Waals surface area contributed by atoms with Gasteiger partial charge in [0.1, 0.15) is 0 Å². The summed E-state index contributed by atoms with van der Waals surface area (Å²) in [4.78, 5) is 0. The minimum absolute atomic E-state index is 0.0449. The molecule has 2 heteroatoms. The third-order valence-electron chi connectivity index (χ3n) is 1.32. The molecule has 0 spiro atoms. The summed E-state index contributed by atoms with van der Waals surface area (Å²) >= 11 is 0. The minimum atomic E-state index is -0.0449. The van der Waals surface area contributed by atoms with Gasteiger partial charge in [-0.2, -0.15) is 5.26 Å². The fourth-order valence-electron chi connectivity index (χ4n) is 0.762. The lowest BCUT2D eigenvalue weighted by atomic mass is 10.1. The zero-order chi connectivity index (χ0) is 7.56. The van der Waals surface area contributed by atoms with Gasteiger partial charge in [0.2, 0.25) is 0 Å². The van der Waals surface area contributed by atoms with Gasteiger partial charge in [-0.25, -0.2) is 0 Å². The molecule has 0 heterocycles. The Hall–Kier alpha value is -1.49. The average molecular weight is 132 g/mol. The molecule has 0 unspecified atom stereocenters. The zero-order valence-electron chi connectivity index (χ0n) is 5.59. The lowest BCUT2D eigenvalue weighted by molar-refractivity contribution is 0.354. The van der Waals surface area contributed by atoms with E-state index < -0.39 is 0 Å². The van der Waals surface area contributed by atoms with Crippen LogP contribution in [0.2, 0.25) is 0 Å². The fourth-order valence-corrected chi connectivity index (χ4v) is 0.762. The fraction of sp³-hybridized carbons (Fsp3) is 0.125. The molecule has 0 aromatic heterocycles. The van der Waals surface area contributed by atoms with E-state index in [4.69, 9.17) is 5.26 Å². The van der Waals surface area contributed by atoms with Crippen LogP contribution in [-0.4, -0.2) is 0 Å². The Morgan fingerprint density at radius 1 is 1.50 bits per heavy atom. The van der Waals surface area contributed by atoms with Gasteiger partial charge in [0.05, 0.1) is 11.6 Å².